The predicted molar refractivity (Wildman–Crippen MR) is 274 cm³/mol. The van der Waals surface area contributed by atoms with Crippen molar-refractivity contribution in [3.8, 4) is 0 Å². The molecule has 0 amide bonds. The van der Waals surface area contributed by atoms with E-state index in [0.29, 0.717) is 18.4 Å². The van der Waals surface area contributed by atoms with Crippen molar-refractivity contribution >= 4 is 23.9 Å². The molecule has 13 saturated carbocycles. The molecule has 13 rings (SSSR count). The van der Waals surface area contributed by atoms with Crippen molar-refractivity contribution < 1.29 is 38.1 Å². The first-order valence-corrected chi connectivity index (χ1v) is 29.3. The van der Waals surface area contributed by atoms with Crippen molar-refractivity contribution in [2.75, 3.05) is 13.2 Å². The molecule has 68 heavy (non-hydrogen) atoms. The highest BCUT2D eigenvalue weighted by molar-refractivity contribution is 5.79. The number of ether oxygens (including phenoxy) is 4. The molecule has 13 fully saturated rings. The Labute approximate surface area is 416 Å². The molecule has 392 valence electrons. The molecule has 0 atom stereocenters. The summed E-state index contributed by atoms with van der Waals surface area (Å²) < 4.78 is 24.9. The van der Waals surface area contributed by atoms with Gasteiger partial charge in [0.1, 0.15) is 18.8 Å². The van der Waals surface area contributed by atoms with Crippen molar-refractivity contribution in [3.63, 3.8) is 0 Å². The summed E-state index contributed by atoms with van der Waals surface area (Å²) in [5.74, 6) is 6.44. The molecule has 0 saturated heterocycles. The molecular weight excluding hydrogens is 849 g/mol. The molecule has 0 radical (unpaired) electrons. The number of hydrogen-bond acceptors (Lipinski definition) is 8. The van der Waals surface area contributed by atoms with E-state index in [1.165, 1.54) is 51.4 Å². The second-order valence-corrected chi connectivity index (χ2v) is 24.8. The second kappa shape index (κ2) is 23.6. The van der Waals surface area contributed by atoms with Gasteiger partial charge in [-0.1, -0.05) is 75.7 Å². The smallest absolute Gasteiger partial charge is 0.312 e. The van der Waals surface area contributed by atoms with E-state index in [9.17, 15) is 19.2 Å². The molecule has 0 aliphatic heterocycles. The molecule has 8 heteroatoms. The van der Waals surface area contributed by atoms with Crippen LogP contribution in [0.3, 0.4) is 0 Å². The molecule has 0 aromatic heterocycles. The van der Waals surface area contributed by atoms with Crippen LogP contribution in [0.2, 0.25) is 0 Å². The van der Waals surface area contributed by atoms with Gasteiger partial charge in [0, 0.05) is 11.8 Å². The van der Waals surface area contributed by atoms with Crippen LogP contribution in [0.25, 0.3) is 0 Å². The largest absolute Gasteiger partial charge is 0.461 e. The van der Waals surface area contributed by atoms with Crippen molar-refractivity contribution in [2.45, 2.75) is 262 Å². The lowest BCUT2D eigenvalue weighted by molar-refractivity contribution is -0.236. The molecule has 0 heterocycles. The lowest BCUT2D eigenvalue weighted by Gasteiger charge is -2.60. The minimum Gasteiger partial charge on any atom is -0.461 e. The van der Waals surface area contributed by atoms with E-state index in [1.807, 2.05) is 90.0 Å². The van der Waals surface area contributed by atoms with Crippen LogP contribution in [0.15, 0.2) is 0 Å². The van der Waals surface area contributed by atoms with Gasteiger partial charge in [-0.3, -0.25) is 19.2 Å². The molecule has 0 N–H and O–H groups in total. The fraction of sp³-hybridized carbons (Fsp3) is 0.933. The molecule has 0 aromatic rings. The van der Waals surface area contributed by atoms with E-state index in [-0.39, 0.29) is 41.3 Å². The molecule has 0 spiro atoms. The predicted octanol–water partition coefficient (Wildman–Crippen LogP) is 15.5. The number of esters is 4. The normalized spacial score (nSPS) is 37.9. The fourth-order valence-electron chi connectivity index (χ4n) is 16.2. The number of carbonyl (C=O) groups is 4. The van der Waals surface area contributed by atoms with E-state index in [2.05, 4.69) is 6.92 Å². The van der Waals surface area contributed by atoms with Crippen LogP contribution in [0.4, 0.5) is 0 Å². The van der Waals surface area contributed by atoms with Gasteiger partial charge >= 0.3 is 23.9 Å². The Morgan fingerprint density at radius 2 is 0.735 bits per heavy atom. The number of rotatable bonds is 12. The Balaban J connectivity index is 0.000000224. The van der Waals surface area contributed by atoms with Crippen LogP contribution in [0.1, 0.15) is 251 Å². The fourth-order valence-corrected chi connectivity index (χ4v) is 16.2. The van der Waals surface area contributed by atoms with Crippen molar-refractivity contribution in [3.05, 3.63) is 0 Å². The van der Waals surface area contributed by atoms with Gasteiger partial charge < -0.3 is 18.9 Å². The van der Waals surface area contributed by atoms with Gasteiger partial charge in [0.2, 0.25) is 0 Å². The quantitative estimate of drug-likeness (QED) is 0.141. The van der Waals surface area contributed by atoms with E-state index < -0.39 is 22.0 Å². The summed E-state index contributed by atoms with van der Waals surface area (Å²) in [6, 6.07) is 0. The van der Waals surface area contributed by atoms with Crippen LogP contribution < -0.4 is 0 Å². The summed E-state index contributed by atoms with van der Waals surface area (Å²) in [4.78, 5) is 53.0. The summed E-state index contributed by atoms with van der Waals surface area (Å²) in [5, 5.41) is 0. The summed E-state index contributed by atoms with van der Waals surface area (Å²) in [7, 11) is 0. The summed E-state index contributed by atoms with van der Waals surface area (Å²) in [6.07, 6.45) is 26.4. The standard InChI is InChI=1S/C28H42O4.C24H38O4.4C2H6/c1-4-26(2,3)24(29)32-28(22-9-17-5-18(11-22)12-23(28)10-17)16-31-25(30)27-13-19-6-20(14-27)8-21(7-19)15-27;1-4-22(2,3)20(25)28-24(8-6-5-7-9-24)16-27-21(26)23-13-17-10-18(14-23)12-19(11-17)15-23;4*1-2/h17-23H,4-16H2,1-3H3;17-19H,4-16H2,1-3H3;4*1-2H3. The number of carbonyl (C=O) groups excluding carboxylic acids is 4. The van der Waals surface area contributed by atoms with Crippen LogP contribution in [-0.4, -0.2) is 48.3 Å². The van der Waals surface area contributed by atoms with Crippen molar-refractivity contribution in [1.29, 1.82) is 0 Å². The van der Waals surface area contributed by atoms with Gasteiger partial charge in [-0.2, -0.15) is 0 Å². The Kier molecular flexibility index (Phi) is 19.7. The van der Waals surface area contributed by atoms with Gasteiger partial charge in [-0.05, 0) is 223 Å². The maximum atomic E-state index is 13.7. The van der Waals surface area contributed by atoms with E-state index in [1.54, 1.807) is 0 Å². The Hall–Kier alpha value is -2.12. The third-order valence-corrected chi connectivity index (χ3v) is 19.6. The molecule has 13 aliphatic carbocycles. The minimum atomic E-state index is -0.611. The van der Waals surface area contributed by atoms with E-state index in [0.717, 1.165) is 150 Å². The van der Waals surface area contributed by atoms with Gasteiger partial charge in [-0.25, -0.2) is 0 Å². The summed E-state index contributed by atoms with van der Waals surface area (Å²) in [6.45, 7) is 28.5. The molecular formula is C60H104O8. The SMILES string of the molecule is CC.CC.CC.CC.CCC(C)(C)C(=O)OC1(COC(=O)C23CC4CC(CC(C4)C2)C3)C2CC3CC(C2)CC1C3.CCC(C)(C)C(=O)OC1(COC(=O)C23CC4CC(CC(C4)C2)C3)CCCCC1. The first-order valence-electron chi connectivity index (χ1n) is 29.3. The molecule has 8 nitrogen and oxygen atoms in total. The van der Waals surface area contributed by atoms with Gasteiger partial charge in [0.05, 0.1) is 21.7 Å². The van der Waals surface area contributed by atoms with Gasteiger partial charge in [-0.15, -0.1) is 0 Å². The van der Waals surface area contributed by atoms with E-state index in [4.69, 9.17) is 18.9 Å². The van der Waals surface area contributed by atoms with Crippen LogP contribution in [0.5, 0.6) is 0 Å². The van der Waals surface area contributed by atoms with Crippen molar-refractivity contribution in [2.24, 2.45) is 80.8 Å². The maximum Gasteiger partial charge on any atom is 0.312 e. The van der Waals surface area contributed by atoms with E-state index >= 15 is 0 Å². The lowest BCUT2D eigenvalue weighted by Crippen LogP contribution is -2.63. The topological polar surface area (TPSA) is 105 Å². The minimum absolute atomic E-state index is 0.00218. The average molecular weight is 953 g/mol. The summed E-state index contributed by atoms with van der Waals surface area (Å²) >= 11 is 0. The van der Waals surface area contributed by atoms with Gasteiger partial charge in [0.25, 0.3) is 0 Å². The Morgan fingerprint density at radius 3 is 1.07 bits per heavy atom. The number of hydrogen-bond donors (Lipinski definition) is 0. The average Bonchev–Trinajstić information content (AvgIpc) is 3.33. The lowest BCUT2D eigenvalue weighted by atomic mass is 9.49. The highest BCUT2D eigenvalue weighted by Gasteiger charge is 2.62. The molecule has 0 unspecified atom stereocenters. The second-order valence-electron chi connectivity index (χ2n) is 24.8. The Morgan fingerprint density at radius 1 is 0.426 bits per heavy atom. The van der Waals surface area contributed by atoms with Crippen LogP contribution >= 0.6 is 0 Å². The summed E-state index contributed by atoms with van der Waals surface area (Å²) in [5.41, 5.74) is -2.67. The first-order chi connectivity index (χ1) is 32.5. The maximum absolute atomic E-state index is 13.7. The highest BCUT2D eigenvalue weighted by atomic mass is 16.6. The zero-order valence-electron chi connectivity index (χ0n) is 46.4. The molecule has 13 aliphatic rings. The Bertz CT molecular complexity index is 1550. The molecule has 12 bridgehead atoms. The van der Waals surface area contributed by atoms with Crippen LogP contribution in [-0.2, 0) is 38.1 Å². The van der Waals surface area contributed by atoms with Crippen LogP contribution in [0, 0.1) is 80.8 Å². The first kappa shape index (κ1) is 56.8. The zero-order chi connectivity index (χ0) is 50.3. The zero-order valence-corrected chi connectivity index (χ0v) is 46.4. The monoisotopic (exact) mass is 953 g/mol. The third kappa shape index (κ3) is 11.9. The highest BCUT2D eigenvalue weighted by Crippen LogP contribution is 2.63. The molecule has 0 aromatic carbocycles. The van der Waals surface area contributed by atoms with Crippen molar-refractivity contribution in [1.82, 2.24) is 0 Å². The third-order valence-electron chi connectivity index (χ3n) is 19.6. The van der Waals surface area contributed by atoms with Gasteiger partial charge in [0.15, 0.2) is 5.60 Å².